The summed E-state index contributed by atoms with van der Waals surface area (Å²) in [5.74, 6) is -0.663. The van der Waals surface area contributed by atoms with E-state index in [1.165, 1.54) is 16.4 Å². The molecule has 9 nitrogen and oxygen atoms in total. The van der Waals surface area contributed by atoms with Crippen LogP contribution in [0.5, 0.6) is 5.75 Å². The fourth-order valence-corrected chi connectivity index (χ4v) is 6.29. The number of nitrogens with two attached hydrogens (primary N) is 1. The summed E-state index contributed by atoms with van der Waals surface area (Å²) < 4.78 is 33.7. The molecule has 0 aliphatic carbocycles. The normalized spacial score (nSPS) is 19.5. The third-order valence-corrected chi connectivity index (χ3v) is 8.73. The van der Waals surface area contributed by atoms with Gasteiger partial charge in [-0.05, 0) is 57.3 Å². The van der Waals surface area contributed by atoms with Crippen molar-refractivity contribution in [2.24, 2.45) is 11.7 Å². The van der Waals surface area contributed by atoms with Gasteiger partial charge in [0.25, 0.3) is 0 Å². The van der Waals surface area contributed by atoms with Gasteiger partial charge in [0, 0.05) is 31.5 Å². The van der Waals surface area contributed by atoms with Gasteiger partial charge in [-0.15, -0.1) is 0 Å². The lowest BCUT2D eigenvalue weighted by Crippen LogP contribution is -2.46. The van der Waals surface area contributed by atoms with Gasteiger partial charge < -0.3 is 21.1 Å². The van der Waals surface area contributed by atoms with E-state index in [0.717, 1.165) is 25.9 Å². The monoisotopic (exact) mass is 534 g/mol. The molecule has 190 valence electrons. The van der Waals surface area contributed by atoms with E-state index in [0.29, 0.717) is 25.0 Å². The van der Waals surface area contributed by atoms with Gasteiger partial charge in [-0.3, -0.25) is 9.59 Å². The number of halogens is 2. The van der Waals surface area contributed by atoms with Crippen molar-refractivity contribution in [3.05, 3.63) is 22.2 Å². The Morgan fingerprint density at radius 1 is 1.18 bits per heavy atom. The van der Waals surface area contributed by atoms with Crippen molar-refractivity contribution in [2.75, 3.05) is 26.2 Å². The van der Waals surface area contributed by atoms with Gasteiger partial charge in [0.15, 0.2) is 5.75 Å². The molecule has 2 saturated heterocycles. The number of primary amides is 1. The Kier molecular flexibility index (Phi) is 9.45. The smallest absolute Gasteiger partial charge is 0.243 e. The predicted molar refractivity (Wildman–Crippen MR) is 130 cm³/mol. The molecule has 3 rings (SSSR count). The third kappa shape index (κ3) is 6.97. The van der Waals surface area contributed by atoms with E-state index in [2.05, 4.69) is 10.6 Å². The van der Waals surface area contributed by atoms with Gasteiger partial charge in [-0.2, -0.15) is 4.31 Å². The van der Waals surface area contributed by atoms with Crippen molar-refractivity contribution in [2.45, 2.75) is 62.5 Å². The zero-order chi connectivity index (χ0) is 24.9. The summed E-state index contributed by atoms with van der Waals surface area (Å²) in [6.07, 6.45) is 3.17. The van der Waals surface area contributed by atoms with Gasteiger partial charge in [-0.1, -0.05) is 30.1 Å². The van der Waals surface area contributed by atoms with Gasteiger partial charge in [-0.25, -0.2) is 8.42 Å². The first-order valence-electron chi connectivity index (χ1n) is 11.5. The Morgan fingerprint density at radius 3 is 2.32 bits per heavy atom. The Labute approximate surface area is 210 Å². The molecular weight excluding hydrogens is 503 g/mol. The van der Waals surface area contributed by atoms with Crippen LogP contribution in [0.4, 0.5) is 0 Å². The average Bonchev–Trinajstić information content (AvgIpc) is 2.80. The van der Waals surface area contributed by atoms with Crippen molar-refractivity contribution in [3.8, 4) is 5.75 Å². The summed E-state index contributed by atoms with van der Waals surface area (Å²) >= 11 is 12.7. The van der Waals surface area contributed by atoms with Gasteiger partial charge in [0.2, 0.25) is 21.8 Å². The third-order valence-electron chi connectivity index (χ3n) is 6.29. The lowest BCUT2D eigenvalue weighted by molar-refractivity contribution is -0.123. The Balaban J connectivity index is 1.57. The van der Waals surface area contributed by atoms with Crippen LogP contribution >= 0.6 is 23.2 Å². The number of nitrogens with one attached hydrogen (secondary N) is 2. The van der Waals surface area contributed by atoms with E-state index in [-0.39, 0.29) is 58.4 Å². The highest BCUT2D eigenvalue weighted by atomic mass is 35.5. The van der Waals surface area contributed by atoms with Crippen molar-refractivity contribution in [1.82, 2.24) is 14.9 Å². The molecule has 2 heterocycles. The van der Waals surface area contributed by atoms with Gasteiger partial charge in [0.05, 0.1) is 14.9 Å². The van der Waals surface area contributed by atoms with Crippen LogP contribution in [0, 0.1) is 5.92 Å². The first-order valence-corrected chi connectivity index (χ1v) is 13.7. The summed E-state index contributed by atoms with van der Waals surface area (Å²) in [5, 5.41) is 6.49. The van der Waals surface area contributed by atoms with Crippen molar-refractivity contribution in [3.63, 3.8) is 0 Å². The number of piperidine rings is 2. The van der Waals surface area contributed by atoms with Crippen LogP contribution in [0.3, 0.4) is 0 Å². The number of carbonyl (C=O) groups is 2. The summed E-state index contributed by atoms with van der Waals surface area (Å²) in [4.78, 5) is 23.3. The molecule has 1 atom stereocenters. The minimum Gasteiger partial charge on any atom is -0.487 e. The molecule has 12 heteroatoms. The number of hydrogen-bond donors (Lipinski definition) is 3. The Hall–Kier alpha value is -1.59. The molecule has 0 aromatic heterocycles. The molecule has 2 aliphatic rings. The number of hydrogen-bond acceptors (Lipinski definition) is 6. The zero-order valence-corrected chi connectivity index (χ0v) is 21.5. The highest BCUT2D eigenvalue weighted by Crippen LogP contribution is 2.38. The first-order chi connectivity index (χ1) is 16.1. The summed E-state index contributed by atoms with van der Waals surface area (Å²) in [7, 11) is -3.80. The molecule has 0 bridgehead atoms. The van der Waals surface area contributed by atoms with E-state index in [4.69, 9.17) is 33.7 Å². The summed E-state index contributed by atoms with van der Waals surface area (Å²) in [5.41, 5.74) is 5.22. The Bertz CT molecular complexity index is 970. The summed E-state index contributed by atoms with van der Waals surface area (Å²) in [6.45, 7) is 3.88. The highest BCUT2D eigenvalue weighted by molar-refractivity contribution is 7.89. The molecule has 4 N–H and O–H groups in total. The van der Waals surface area contributed by atoms with E-state index in [1.54, 1.807) is 6.92 Å². The largest absolute Gasteiger partial charge is 0.487 e. The van der Waals surface area contributed by atoms with E-state index in [9.17, 15) is 18.0 Å². The molecular formula is C22H32Cl2N4O5S. The fourth-order valence-electron chi connectivity index (χ4n) is 4.06. The predicted octanol–water partition coefficient (Wildman–Crippen LogP) is 2.30. The molecule has 34 heavy (non-hydrogen) atoms. The second kappa shape index (κ2) is 11.9. The van der Waals surface area contributed by atoms with Crippen LogP contribution in [0.1, 0.15) is 45.4 Å². The number of amides is 2. The van der Waals surface area contributed by atoms with E-state index < -0.39 is 15.9 Å². The van der Waals surface area contributed by atoms with Crippen molar-refractivity contribution < 1.29 is 22.7 Å². The molecule has 2 aliphatic heterocycles. The standard InChI is InChI=1S/C22H32Cl2N4O5S/c1-14(22(25)30)2-3-20(29)27-15-6-10-28(11-7-15)34(31,32)17-12-18(23)21(19(24)13-17)33-16-4-8-26-9-5-16/h12-16,26H,2-11H2,1H3,(H2,25,30)(H,27,29)/t14-/m0/s1. The topological polar surface area (TPSA) is 131 Å². The lowest BCUT2D eigenvalue weighted by Gasteiger charge is -2.32. The maximum absolute atomic E-state index is 13.2. The summed E-state index contributed by atoms with van der Waals surface area (Å²) in [6, 6.07) is 2.63. The van der Waals surface area contributed by atoms with Crippen LogP contribution in [0.15, 0.2) is 17.0 Å². The van der Waals surface area contributed by atoms with Crippen molar-refractivity contribution >= 4 is 45.0 Å². The highest BCUT2D eigenvalue weighted by Gasteiger charge is 2.31. The molecule has 0 saturated carbocycles. The van der Waals surface area contributed by atoms with Gasteiger partial charge >= 0.3 is 0 Å². The molecule has 0 spiro atoms. The maximum atomic E-state index is 13.2. The number of benzene rings is 1. The number of sulfonamides is 1. The maximum Gasteiger partial charge on any atom is 0.243 e. The minimum absolute atomic E-state index is 0.0167. The van der Waals surface area contributed by atoms with Crippen LogP contribution in [0.25, 0.3) is 0 Å². The molecule has 1 aromatic carbocycles. The van der Waals surface area contributed by atoms with Crippen LogP contribution in [-0.2, 0) is 19.6 Å². The van der Waals surface area contributed by atoms with E-state index >= 15 is 0 Å². The average molecular weight is 535 g/mol. The fraction of sp³-hybridized carbons (Fsp3) is 0.636. The quantitative estimate of drug-likeness (QED) is 0.445. The van der Waals surface area contributed by atoms with Crippen LogP contribution < -0.4 is 21.1 Å². The molecule has 0 radical (unpaired) electrons. The number of nitrogens with zero attached hydrogens (tertiary/aromatic N) is 1. The van der Waals surface area contributed by atoms with Gasteiger partial charge in [0.1, 0.15) is 6.10 Å². The number of carbonyl (C=O) groups excluding carboxylic acids is 2. The molecule has 2 fully saturated rings. The second-order valence-electron chi connectivity index (χ2n) is 8.87. The van der Waals surface area contributed by atoms with E-state index in [1.807, 2.05) is 0 Å². The number of rotatable bonds is 9. The second-order valence-corrected chi connectivity index (χ2v) is 11.6. The first kappa shape index (κ1) is 27.0. The Morgan fingerprint density at radius 2 is 1.76 bits per heavy atom. The lowest BCUT2D eigenvalue weighted by atomic mass is 10.0. The zero-order valence-electron chi connectivity index (χ0n) is 19.2. The molecule has 0 unspecified atom stereocenters. The molecule has 2 amide bonds. The van der Waals surface area contributed by atoms with Crippen molar-refractivity contribution in [1.29, 1.82) is 0 Å². The minimum atomic E-state index is -3.80. The van der Waals surface area contributed by atoms with Crippen LogP contribution in [0.2, 0.25) is 10.0 Å². The number of ether oxygens (including phenoxy) is 1. The SMILES string of the molecule is C[C@@H](CCC(=O)NC1CCN(S(=O)(=O)c2cc(Cl)c(OC3CCNCC3)c(Cl)c2)CC1)C(N)=O. The van der Waals surface area contributed by atoms with Crippen LogP contribution in [-0.4, -0.2) is 62.9 Å². The molecule has 1 aromatic rings.